The highest BCUT2D eigenvalue weighted by Crippen LogP contribution is 2.30. The van der Waals surface area contributed by atoms with E-state index in [1.165, 1.54) is 0 Å². The Morgan fingerprint density at radius 3 is 2.61 bits per heavy atom. The molecule has 0 aromatic rings. The molecule has 2 atom stereocenters. The third-order valence-corrected chi connectivity index (χ3v) is 2.97. The Bertz CT molecular complexity index is 325. The van der Waals surface area contributed by atoms with Crippen molar-refractivity contribution in [2.24, 2.45) is 11.8 Å². The highest BCUT2D eigenvalue weighted by Gasteiger charge is 2.29. The molecule has 0 N–H and O–H groups in total. The van der Waals surface area contributed by atoms with Gasteiger partial charge in [-0.3, -0.25) is 4.79 Å². The molecule has 1 fully saturated rings. The van der Waals surface area contributed by atoms with Crippen molar-refractivity contribution in [3.63, 3.8) is 0 Å². The first-order chi connectivity index (χ1) is 8.33. The molecule has 3 nitrogen and oxygen atoms in total. The first-order valence-corrected chi connectivity index (χ1v) is 6.42. The van der Waals surface area contributed by atoms with Crippen LogP contribution in [0.25, 0.3) is 0 Å². The molecule has 1 aliphatic rings. The van der Waals surface area contributed by atoms with Gasteiger partial charge in [-0.1, -0.05) is 18.2 Å². The van der Waals surface area contributed by atoms with Gasteiger partial charge in [0.15, 0.2) is 0 Å². The molecule has 1 rings (SSSR count). The Labute approximate surface area is 110 Å². The van der Waals surface area contributed by atoms with Gasteiger partial charge in [-0.15, -0.1) is 6.58 Å². The summed E-state index contributed by atoms with van der Waals surface area (Å²) in [6.45, 7) is 14.7. The maximum atomic E-state index is 11.8. The Morgan fingerprint density at radius 1 is 1.44 bits per heavy atom. The predicted molar refractivity (Wildman–Crippen MR) is 72.2 cm³/mol. The summed E-state index contributed by atoms with van der Waals surface area (Å²) in [5.41, 5.74) is 0.654. The van der Waals surface area contributed by atoms with Gasteiger partial charge in [0.2, 0.25) is 0 Å². The molecule has 0 saturated carbocycles. The molecule has 3 heteroatoms. The van der Waals surface area contributed by atoms with Crippen LogP contribution in [-0.2, 0) is 14.3 Å². The van der Waals surface area contributed by atoms with Crippen LogP contribution in [0.5, 0.6) is 0 Å². The van der Waals surface area contributed by atoms with Crippen molar-refractivity contribution in [1.82, 2.24) is 0 Å². The molecule has 0 spiro atoms. The fourth-order valence-corrected chi connectivity index (χ4v) is 2.09. The fraction of sp³-hybridized carbons (Fsp3) is 0.667. The third-order valence-electron chi connectivity index (χ3n) is 2.97. The smallest absolute Gasteiger partial charge is 0.307 e. The van der Waals surface area contributed by atoms with Gasteiger partial charge in [-0.25, -0.2) is 0 Å². The number of hydrogen-bond acceptors (Lipinski definition) is 3. The zero-order valence-electron chi connectivity index (χ0n) is 11.7. The van der Waals surface area contributed by atoms with Gasteiger partial charge in [-0.05, 0) is 27.2 Å². The lowest BCUT2D eigenvalue weighted by molar-refractivity contribution is -0.156. The highest BCUT2D eigenvalue weighted by molar-refractivity contribution is 5.70. The van der Waals surface area contributed by atoms with Gasteiger partial charge in [0.1, 0.15) is 5.60 Å². The molecule has 0 aliphatic carbocycles. The summed E-state index contributed by atoms with van der Waals surface area (Å²) >= 11 is 0. The van der Waals surface area contributed by atoms with Gasteiger partial charge in [0.25, 0.3) is 0 Å². The Kier molecular flexibility index (Phi) is 5.15. The van der Waals surface area contributed by atoms with Crippen molar-refractivity contribution < 1.29 is 14.3 Å². The Hall–Kier alpha value is -1.09. The minimum Gasteiger partial charge on any atom is -0.460 e. The SMILES string of the molecule is C=CCC1COCC(CC(=O)OC(C)(C)C)C1=C. The first kappa shape index (κ1) is 15.0. The predicted octanol–water partition coefficient (Wildman–Crippen LogP) is 3.11. The van der Waals surface area contributed by atoms with E-state index in [0.717, 1.165) is 12.0 Å². The van der Waals surface area contributed by atoms with Crippen molar-refractivity contribution in [1.29, 1.82) is 0 Å². The van der Waals surface area contributed by atoms with Crippen LogP contribution < -0.4 is 0 Å². The van der Waals surface area contributed by atoms with Crippen molar-refractivity contribution in [3.8, 4) is 0 Å². The van der Waals surface area contributed by atoms with E-state index in [1.54, 1.807) is 0 Å². The van der Waals surface area contributed by atoms with Crippen LogP contribution in [0.1, 0.15) is 33.6 Å². The average molecular weight is 252 g/mol. The molecule has 0 aromatic heterocycles. The van der Waals surface area contributed by atoms with Crippen LogP contribution in [0.15, 0.2) is 24.8 Å². The molecule has 0 radical (unpaired) electrons. The number of allylic oxidation sites excluding steroid dienone is 1. The molecule has 1 aliphatic heterocycles. The monoisotopic (exact) mass is 252 g/mol. The van der Waals surface area contributed by atoms with E-state index in [2.05, 4.69) is 13.2 Å². The Balaban J connectivity index is 2.53. The number of rotatable bonds is 4. The van der Waals surface area contributed by atoms with E-state index in [-0.39, 0.29) is 17.8 Å². The van der Waals surface area contributed by atoms with Crippen molar-refractivity contribution in [3.05, 3.63) is 24.8 Å². The lowest BCUT2D eigenvalue weighted by Crippen LogP contribution is -2.32. The molecule has 0 aromatic carbocycles. The average Bonchev–Trinajstić information content (AvgIpc) is 2.21. The molecule has 0 amide bonds. The zero-order valence-corrected chi connectivity index (χ0v) is 11.7. The zero-order chi connectivity index (χ0) is 13.8. The van der Waals surface area contributed by atoms with E-state index >= 15 is 0 Å². The summed E-state index contributed by atoms with van der Waals surface area (Å²) < 4.78 is 10.9. The highest BCUT2D eigenvalue weighted by atomic mass is 16.6. The normalized spacial score (nSPS) is 24.7. The van der Waals surface area contributed by atoms with Crippen LogP contribution in [0.3, 0.4) is 0 Å². The summed E-state index contributed by atoms with van der Waals surface area (Å²) in [6.07, 6.45) is 3.07. The quantitative estimate of drug-likeness (QED) is 0.569. The molecule has 2 unspecified atom stereocenters. The molecular weight excluding hydrogens is 228 g/mol. The van der Waals surface area contributed by atoms with Crippen molar-refractivity contribution in [2.45, 2.75) is 39.2 Å². The number of hydrogen-bond donors (Lipinski definition) is 0. The maximum Gasteiger partial charge on any atom is 0.307 e. The molecular formula is C15H24O3. The fourth-order valence-electron chi connectivity index (χ4n) is 2.09. The van der Waals surface area contributed by atoms with Crippen LogP contribution in [0.4, 0.5) is 0 Å². The minimum absolute atomic E-state index is 0.0681. The molecule has 1 heterocycles. The summed E-state index contributed by atoms with van der Waals surface area (Å²) in [5.74, 6) is 0.165. The van der Waals surface area contributed by atoms with Gasteiger partial charge in [-0.2, -0.15) is 0 Å². The number of ether oxygens (including phenoxy) is 2. The summed E-state index contributed by atoms with van der Waals surface area (Å²) in [4.78, 5) is 11.8. The van der Waals surface area contributed by atoms with Gasteiger partial charge in [0, 0.05) is 11.8 Å². The second-order valence-electron chi connectivity index (χ2n) is 5.82. The van der Waals surface area contributed by atoms with Crippen molar-refractivity contribution in [2.75, 3.05) is 13.2 Å². The number of carbonyl (C=O) groups is 1. The molecule has 102 valence electrons. The first-order valence-electron chi connectivity index (χ1n) is 6.42. The topological polar surface area (TPSA) is 35.5 Å². The molecule has 1 saturated heterocycles. The number of carbonyl (C=O) groups excluding carboxylic acids is 1. The summed E-state index contributed by atoms with van der Waals surface area (Å²) in [6, 6.07) is 0. The lowest BCUT2D eigenvalue weighted by Gasteiger charge is -2.31. The lowest BCUT2D eigenvalue weighted by atomic mass is 9.84. The summed E-state index contributed by atoms with van der Waals surface area (Å²) in [5, 5.41) is 0. The van der Waals surface area contributed by atoms with Gasteiger partial charge >= 0.3 is 5.97 Å². The maximum absolute atomic E-state index is 11.8. The van der Waals surface area contributed by atoms with Crippen LogP contribution >= 0.6 is 0 Å². The van der Waals surface area contributed by atoms with E-state index in [9.17, 15) is 4.79 Å². The largest absolute Gasteiger partial charge is 0.460 e. The van der Waals surface area contributed by atoms with Crippen LogP contribution in [0, 0.1) is 11.8 Å². The second kappa shape index (κ2) is 6.19. The van der Waals surface area contributed by atoms with E-state index in [1.807, 2.05) is 26.8 Å². The van der Waals surface area contributed by atoms with E-state index in [4.69, 9.17) is 9.47 Å². The summed E-state index contributed by atoms with van der Waals surface area (Å²) in [7, 11) is 0. The third kappa shape index (κ3) is 4.65. The van der Waals surface area contributed by atoms with Gasteiger partial charge in [0.05, 0.1) is 19.6 Å². The molecule has 0 bridgehead atoms. The number of esters is 1. The van der Waals surface area contributed by atoms with Crippen molar-refractivity contribution >= 4 is 5.97 Å². The Morgan fingerprint density at radius 2 is 2.06 bits per heavy atom. The van der Waals surface area contributed by atoms with E-state index in [0.29, 0.717) is 19.6 Å². The minimum atomic E-state index is -0.436. The standard InChI is InChI=1S/C15H24O3/c1-6-7-12-9-17-10-13(11(12)2)8-14(16)18-15(3,4)5/h6,12-13H,1-2,7-10H2,3-5H3. The molecule has 18 heavy (non-hydrogen) atoms. The second-order valence-corrected chi connectivity index (χ2v) is 5.82. The van der Waals surface area contributed by atoms with Crippen LogP contribution in [0.2, 0.25) is 0 Å². The van der Waals surface area contributed by atoms with Crippen LogP contribution in [-0.4, -0.2) is 24.8 Å². The van der Waals surface area contributed by atoms with E-state index < -0.39 is 5.60 Å². The van der Waals surface area contributed by atoms with Gasteiger partial charge < -0.3 is 9.47 Å².